The number of nitrogens with two attached hydrogens (primary N) is 1. The van der Waals surface area contributed by atoms with E-state index in [9.17, 15) is 9.59 Å². The molecule has 0 saturated heterocycles. The van der Waals surface area contributed by atoms with Gasteiger partial charge >= 0.3 is 0 Å². The molecule has 0 aliphatic heterocycles. The molecule has 0 fully saturated rings. The van der Waals surface area contributed by atoms with Gasteiger partial charge in [0.15, 0.2) is 0 Å². The fraction of sp³-hybridized carbons (Fsp3) is 0.385. The van der Waals surface area contributed by atoms with Gasteiger partial charge in [-0.15, -0.1) is 0 Å². The Morgan fingerprint density at radius 3 is 2.53 bits per heavy atom. The summed E-state index contributed by atoms with van der Waals surface area (Å²) in [6.45, 7) is -0.156. The summed E-state index contributed by atoms with van der Waals surface area (Å²) in [4.78, 5) is 22.0. The zero-order valence-electron chi connectivity index (χ0n) is 10.8. The predicted molar refractivity (Wildman–Crippen MR) is 69.5 cm³/mol. The molecular formula is C13H18N2O4. The van der Waals surface area contributed by atoms with Crippen LogP contribution in [0.5, 0.6) is 5.75 Å². The van der Waals surface area contributed by atoms with Gasteiger partial charge in [-0.1, -0.05) is 12.1 Å². The van der Waals surface area contributed by atoms with Gasteiger partial charge in [0.05, 0.1) is 13.7 Å². The van der Waals surface area contributed by atoms with Gasteiger partial charge < -0.3 is 20.9 Å². The molecule has 104 valence electrons. The van der Waals surface area contributed by atoms with Crippen LogP contribution in [0.15, 0.2) is 24.3 Å². The second kappa shape index (κ2) is 7.38. The van der Waals surface area contributed by atoms with E-state index in [4.69, 9.17) is 15.6 Å². The molecule has 4 N–H and O–H groups in total. The van der Waals surface area contributed by atoms with Crippen molar-refractivity contribution in [3.63, 3.8) is 0 Å². The van der Waals surface area contributed by atoms with E-state index < -0.39 is 12.0 Å². The van der Waals surface area contributed by atoms with E-state index in [1.54, 1.807) is 7.11 Å². The van der Waals surface area contributed by atoms with Crippen LogP contribution < -0.4 is 15.8 Å². The maximum absolute atomic E-state index is 11.5. The first-order chi connectivity index (χ1) is 9.02. The van der Waals surface area contributed by atoms with Crippen molar-refractivity contribution in [2.24, 2.45) is 5.73 Å². The highest BCUT2D eigenvalue weighted by Gasteiger charge is 2.11. The number of nitrogens with one attached hydrogen (secondary N) is 1. The molecule has 0 aliphatic carbocycles. The molecule has 1 aromatic rings. The molecule has 0 aliphatic rings. The van der Waals surface area contributed by atoms with Crippen molar-refractivity contribution >= 4 is 11.8 Å². The molecule has 19 heavy (non-hydrogen) atoms. The van der Waals surface area contributed by atoms with Crippen LogP contribution in [0.3, 0.4) is 0 Å². The monoisotopic (exact) mass is 266 g/mol. The second-order valence-corrected chi connectivity index (χ2v) is 4.07. The van der Waals surface area contributed by atoms with Crippen LogP contribution in [0.25, 0.3) is 0 Å². The largest absolute Gasteiger partial charge is 0.497 e. The van der Waals surface area contributed by atoms with E-state index >= 15 is 0 Å². The molecule has 0 aromatic heterocycles. The smallest absolute Gasteiger partial charge is 0.248 e. The molecule has 0 bridgehead atoms. The van der Waals surface area contributed by atoms with Crippen LogP contribution in [0, 0.1) is 0 Å². The highest BCUT2D eigenvalue weighted by Crippen LogP contribution is 2.12. The molecule has 2 amide bonds. The number of carbonyl (C=O) groups is 2. The molecule has 1 rings (SSSR count). The number of amides is 2. The first-order valence-corrected chi connectivity index (χ1v) is 5.90. The van der Waals surface area contributed by atoms with Crippen LogP contribution >= 0.6 is 0 Å². The number of aliphatic hydroxyl groups excluding tert-OH is 1. The van der Waals surface area contributed by atoms with Gasteiger partial charge in [0, 0.05) is 6.42 Å². The number of hydrogen-bond acceptors (Lipinski definition) is 4. The summed E-state index contributed by atoms with van der Waals surface area (Å²) in [7, 11) is 1.59. The number of aryl methyl sites for hydroxylation is 1. The van der Waals surface area contributed by atoms with Crippen LogP contribution in [-0.4, -0.2) is 36.7 Å². The lowest BCUT2D eigenvalue weighted by atomic mass is 10.1. The van der Waals surface area contributed by atoms with Crippen molar-refractivity contribution in [1.29, 1.82) is 0 Å². The maximum atomic E-state index is 11.5. The molecule has 1 atom stereocenters. The predicted octanol–water partition coefficient (Wildman–Crippen LogP) is -0.410. The topological polar surface area (TPSA) is 102 Å². The normalized spacial score (nSPS) is 11.7. The summed E-state index contributed by atoms with van der Waals surface area (Å²) < 4.78 is 5.03. The number of methoxy groups -OCH3 is 1. The molecule has 1 unspecified atom stereocenters. The number of ether oxygens (including phenoxy) is 1. The Labute approximate surface area is 111 Å². The van der Waals surface area contributed by atoms with Gasteiger partial charge in [-0.2, -0.15) is 0 Å². The van der Waals surface area contributed by atoms with E-state index in [1.807, 2.05) is 24.3 Å². The van der Waals surface area contributed by atoms with E-state index in [0.29, 0.717) is 6.42 Å². The third kappa shape index (κ3) is 5.39. The minimum atomic E-state index is -1.34. The Bertz CT molecular complexity index is 431. The van der Waals surface area contributed by atoms with Crippen molar-refractivity contribution < 1.29 is 19.4 Å². The molecule has 0 radical (unpaired) electrons. The summed E-state index contributed by atoms with van der Waals surface area (Å²) in [6.07, 6.45) is -0.495. The summed E-state index contributed by atoms with van der Waals surface area (Å²) >= 11 is 0. The number of rotatable bonds is 7. The number of carbonyl (C=O) groups excluding carboxylic acids is 2. The Hall–Kier alpha value is -2.08. The van der Waals surface area contributed by atoms with Crippen molar-refractivity contribution in [3.8, 4) is 5.75 Å². The number of benzene rings is 1. The fourth-order valence-electron chi connectivity index (χ4n) is 1.45. The maximum Gasteiger partial charge on any atom is 0.248 e. The fourth-order valence-corrected chi connectivity index (χ4v) is 1.45. The van der Waals surface area contributed by atoms with E-state index in [-0.39, 0.29) is 18.9 Å². The van der Waals surface area contributed by atoms with Gasteiger partial charge in [0.25, 0.3) is 0 Å². The Kier molecular flexibility index (Phi) is 5.81. The quantitative estimate of drug-likeness (QED) is 0.624. The van der Waals surface area contributed by atoms with Crippen molar-refractivity contribution in [3.05, 3.63) is 29.8 Å². The molecule has 6 nitrogen and oxygen atoms in total. The minimum Gasteiger partial charge on any atom is -0.497 e. The lowest BCUT2D eigenvalue weighted by Crippen LogP contribution is -2.40. The second-order valence-electron chi connectivity index (χ2n) is 4.07. The molecule has 0 heterocycles. The van der Waals surface area contributed by atoms with Gasteiger partial charge in [0.1, 0.15) is 11.9 Å². The SMILES string of the molecule is COc1ccc(CCC(=O)NCC(O)C(N)=O)cc1. The van der Waals surface area contributed by atoms with Gasteiger partial charge in [-0.3, -0.25) is 9.59 Å². The summed E-state index contributed by atoms with van der Waals surface area (Å²) in [5.74, 6) is -0.329. The zero-order valence-corrected chi connectivity index (χ0v) is 10.8. The van der Waals surface area contributed by atoms with Gasteiger partial charge in [-0.05, 0) is 24.1 Å². The molecular weight excluding hydrogens is 248 g/mol. The average Bonchev–Trinajstić information content (AvgIpc) is 2.42. The lowest BCUT2D eigenvalue weighted by molar-refractivity contribution is -0.127. The first-order valence-electron chi connectivity index (χ1n) is 5.90. The van der Waals surface area contributed by atoms with E-state index in [1.165, 1.54) is 0 Å². The molecule has 0 spiro atoms. The first kappa shape index (κ1) is 15.0. The minimum absolute atomic E-state index is 0.156. The van der Waals surface area contributed by atoms with Crippen LogP contribution in [-0.2, 0) is 16.0 Å². The van der Waals surface area contributed by atoms with Crippen LogP contribution in [0.4, 0.5) is 0 Å². The molecule has 1 aromatic carbocycles. The summed E-state index contributed by atoms with van der Waals surface area (Å²) in [5.41, 5.74) is 5.87. The Morgan fingerprint density at radius 2 is 2.00 bits per heavy atom. The Morgan fingerprint density at radius 1 is 1.37 bits per heavy atom. The lowest BCUT2D eigenvalue weighted by Gasteiger charge is -2.08. The van der Waals surface area contributed by atoms with Gasteiger partial charge in [-0.25, -0.2) is 0 Å². The highest BCUT2D eigenvalue weighted by molar-refractivity contribution is 5.81. The molecule has 0 saturated carbocycles. The van der Waals surface area contributed by atoms with Crippen molar-refractivity contribution in [2.45, 2.75) is 18.9 Å². The Balaban J connectivity index is 2.31. The number of primary amides is 1. The summed E-state index contributed by atoms with van der Waals surface area (Å²) in [6, 6.07) is 7.41. The van der Waals surface area contributed by atoms with Crippen LogP contribution in [0.2, 0.25) is 0 Å². The van der Waals surface area contributed by atoms with Crippen LogP contribution in [0.1, 0.15) is 12.0 Å². The third-order valence-corrected chi connectivity index (χ3v) is 2.62. The number of hydrogen-bond donors (Lipinski definition) is 3. The third-order valence-electron chi connectivity index (χ3n) is 2.62. The van der Waals surface area contributed by atoms with Crippen molar-refractivity contribution in [1.82, 2.24) is 5.32 Å². The highest BCUT2D eigenvalue weighted by atomic mass is 16.5. The summed E-state index contributed by atoms with van der Waals surface area (Å²) in [5, 5.41) is 11.6. The van der Waals surface area contributed by atoms with Crippen molar-refractivity contribution in [2.75, 3.05) is 13.7 Å². The zero-order chi connectivity index (χ0) is 14.3. The van der Waals surface area contributed by atoms with Gasteiger partial charge in [0.2, 0.25) is 11.8 Å². The van der Waals surface area contributed by atoms with E-state index in [2.05, 4.69) is 5.32 Å². The van der Waals surface area contributed by atoms with E-state index in [0.717, 1.165) is 11.3 Å². The number of aliphatic hydroxyl groups is 1. The molecule has 6 heteroatoms. The average molecular weight is 266 g/mol. The standard InChI is InChI=1S/C13H18N2O4/c1-19-10-5-2-9(3-6-10)4-7-12(17)15-8-11(16)13(14)18/h2-3,5-6,11,16H,4,7-8H2,1H3,(H2,14,18)(H,15,17).